The van der Waals surface area contributed by atoms with Gasteiger partial charge in [0, 0.05) is 37.6 Å². The molecule has 1 spiro atoms. The fourth-order valence-electron chi connectivity index (χ4n) is 5.17. The molecule has 3 unspecified atom stereocenters. The van der Waals surface area contributed by atoms with Crippen LogP contribution in [0, 0.1) is 12.3 Å². The summed E-state index contributed by atoms with van der Waals surface area (Å²) in [5.41, 5.74) is 0.316. The Bertz CT molecular complexity index is 669. The van der Waals surface area contributed by atoms with Gasteiger partial charge in [-0.05, 0) is 39.5 Å². The fraction of sp³-hybridized carbons (Fsp3) is 0.842. The molecular weight excluding hydrogens is 455 g/mol. The molecule has 1 aliphatic heterocycles. The second kappa shape index (κ2) is 8.63. The molecule has 2 heterocycles. The molecule has 0 saturated heterocycles. The number of hydrogen-bond donors (Lipinski definition) is 2. The van der Waals surface area contributed by atoms with Crippen LogP contribution in [0.1, 0.15) is 57.1 Å². The first-order valence-corrected chi connectivity index (χ1v) is 10.2. The van der Waals surface area contributed by atoms with Gasteiger partial charge in [0.05, 0.1) is 12.6 Å². The van der Waals surface area contributed by atoms with Gasteiger partial charge in [-0.25, -0.2) is 9.67 Å². The highest BCUT2D eigenvalue weighted by Gasteiger charge is 2.57. The van der Waals surface area contributed by atoms with Crippen LogP contribution < -0.4 is 10.6 Å². The molecule has 3 atom stereocenters. The molecule has 2 aliphatic carbocycles. The van der Waals surface area contributed by atoms with E-state index in [2.05, 4.69) is 32.6 Å². The van der Waals surface area contributed by atoms with Crippen LogP contribution in [0.3, 0.4) is 0 Å². The Kier molecular flexibility index (Phi) is 6.66. The lowest BCUT2D eigenvalue weighted by Crippen LogP contribution is -2.65. The Morgan fingerprint density at radius 2 is 2.11 bits per heavy atom. The average Bonchev–Trinajstić information content (AvgIpc) is 3.27. The van der Waals surface area contributed by atoms with Gasteiger partial charge in [0.1, 0.15) is 11.6 Å². The van der Waals surface area contributed by atoms with Crippen LogP contribution in [0.25, 0.3) is 0 Å². The third-order valence-electron chi connectivity index (χ3n) is 6.53. The zero-order valence-electron chi connectivity index (χ0n) is 16.7. The summed E-state index contributed by atoms with van der Waals surface area (Å²) in [6.07, 6.45) is 8.74. The zero-order valence-corrected chi connectivity index (χ0v) is 19.0. The fourth-order valence-corrected chi connectivity index (χ4v) is 5.17. The maximum absolute atomic E-state index is 6.03. The Morgan fingerprint density at radius 1 is 1.33 bits per heavy atom. The van der Waals surface area contributed by atoms with Crippen LogP contribution in [0.4, 0.5) is 0 Å². The van der Waals surface area contributed by atoms with Crippen molar-refractivity contribution in [3.63, 3.8) is 0 Å². The molecule has 0 radical (unpaired) electrons. The van der Waals surface area contributed by atoms with Gasteiger partial charge < -0.3 is 15.4 Å². The molecule has 0 amide bonds. The number of fused-ring (bicyclic) bond motifs is 1. The molecule has 2 fully saturated rings. The van der Waals surface area contributed by atoms with E-state index >= 15 is 0 Å². The first-order chi connectivity index (χ1) is 12.6. The molecule has 3 aliphatic rings. The topological polar surface area (TPSA) is 76.4 Å². The Hall–Kier alpha value is -0.900. The first-order valence-electron chi connectivity index (χ1n) is 10.2. The van der Waals surface area contributed by atoms with E-state index < -0.39 is 0 Å². The molecule has 7 nitrogen and oxygen atoms in total. The standard InChI is InChI=1S/C19H32N6O.HI/c1-4-26-16-11-15(19(16)9-5-6-10-19)23-18(20-3)22-14-7-8-17-21-13(2)24-25(17)12-14;/h14-16H,4-12H2,1-3H3,(H2,20,22,23);1H. The lowest BCUT2D eigenvalue weighted by molar-refractivity contribution is -0.125. The van der Waals surface area contributed by atoms with Crippen LogP contribution in [-0.2, 0) is 17.7 Å². The van der Waals surface area contributed by atoms with Gasteiger partial charge in [-0.15, -0.1) is 24.0 Å². The van der Waals surface area contributed by atoms with Gasteiger partial charge in [0.25, 0.3) is 0 Å². The van der Waals surface area contributed by atoms with E-state index in [1.165, 1.54) is 25.7 Å². The van der Waals surface area contributed by atoms with Crippen LogP contribution >= 0.6 is 24.0 Å². The highest BCUT2D eigenvalue weighted by Crippen LogP contribution is 2.54. The molecule has 0 bridgehead atoms. The number of rotatable bonds is 4. The number of nitrogens with one attached hydrogen (secondary N) is 2. The van der Waals surface area contributed by atoms with Crippen molar-refractivity contribution in [2.24, 2.45) is 10.4 Å². The number of aliphatic imine (C=N–C) groups is 1. The van der Waals surface area contributed by atoms with E-state index in [-0.39, 0.29) is 24.0 Å². The van der Waals surface area contributed by atoms with E-state index in [0.717, 1.165) is 50.0 Å². The summed E-state index contributed by atoms with van der Waals surface area (Å²) in [4.78, 5) is 8.99. The van der Waals surface area contributed by atoms with Gasteiger partial charge >= 0.3 is 0 Å². The van der Waals surface area contributed by atoms with Crippen molar-refractivity contribution in [2.75, 3.05) is 13.7 Å². The number of hydrogen-bond acceptors (Lipinski definition) is 4. The van der Waals surface area contributed by atoms with Crippen molar-refractivity contribution < 1.29 is 4.74 Å². The van der Waals surface area contributed by atoms with Gasteiger partial charge in [-0.2, -0.15) is 5.10 Å². The normalized spacial score (nSPS) is 29.0. The van der Waals surface area contributed by atoms with Crippen molar-refractivity contribution >= 4 is 29.9 Å². The minimum absolute atomic E-state index is 0. The van der Waals surface area contributed by atoms with Gasteiger partial charge in [-0.1, -0.05) is 12.8 Å². The third kappa shape index (κ3) is 3.97. The summed E-state index contributed by atoms with van der Waals surface area (Å²) >= 11 is 0. The summed E-state index contributed by atoms with van der Waals surface area (Å²) in [5.74, 6) is 2.89. The quantitative estimate of drug-likeness (QED) is 0.387. The molecule has 8 heteroatoms. The summed E-state index contributed by atoms with van der Waals surface area (Å²) in [7, 11) is 1.86. The third-order valence-corrected chi connectivity index (χ3v) is 6.53. The molecule has 2 saturated carbocycles. The number of aryl methyl sites for hydroxylation is 2. The summed E-state index contributed by atoms with van der Waals surface area (Å²) in [6, 6.07) is 0.817. The number of aromatic nitrogens is 3. The Balaban J connectivity index is 0.00000210. The van der Waals surface area contributed by atoms with E-state index in [1.807, 2.05) is 18.7 Å². The van der Waals surface area contributed by atoms with Crippen LogP contribution in [-0.4, -0.2) is 52.6 Å². The maximum Gasteiger partial charge on any atom is 0.191 e. The van der Waals surface area contributed by atoms with E-state index in [0.29, 0.717) is 23.6 Å². The SMILES string of the molecule is CCOC1CC(NC(=NC)NC2CCc3nc(C)nn3C2)C12CCCC2.I. The van der Waals surface area contributed by atoms with Crippen molar-refractivity contribution in [2.45, 2.75) is 83.5 Å². The van der Waals surface area contributed by atoms with Crippen molar-refractivity contribution in [1.82, 2.24) is 25.4 Å². The largest absolute Gasteiger partial charge is 0.378 e. The lowest BCUT2D eigenvalue weighted by Gasteiger charge is -2.54. The van der Waals surface area contributed by atoms with Crippen molar-refractivity contribution in [3.05, 3.63) is 11.6 Å². The van der Waals surface area contributed by atoms with E-state index in [9.17, 15) is 0 Å². The second-order valence-corrected chi connectivity index (χ2v) is 8.03. The number of guanidine groups is 1. The molecule has 1 aromatic rings. The summed E-state index contributed by atoms with van der Waals surface area (Å²) in [5, 5.41) is 11.8. The summed E-state index contributed by atoms with van der Waals surface area (Å²) < 4.78 is 8.07. The Labute approximate surface area is 179 Å². The average molecular weight is 488 g/mol. The predicted octanol–water partition coefficient (Wildman–Crippen LogP) is 2.42. The lowest BCUT2D eigenvalue weighted by atomic mass is 9.60. The molecule has 27 heavy (non-hydrogen) atoms. The molecule has 2 N–H and O–H groups in total. The highest BCUT2D eigenvalue weighted by atomic mass is 127. The van der Waals surface area contributed by atoms with Gasteiger partial charge in [0.2, 0.25) is 0 Å². The molecular formula is C19H33IN6O. The number of nitrogens with zero attached hydrogens (tertiary/aromatic N) is 4. The van der Waals surface area contributed by atoms with Crippen LogP contribution in [0.15, 0.2) is 4.99 Å². The highest BCUT2D eigenvalue weighted by molar-refractivity contribution is 14.0. The van der Waals surface area contributed by atoms with Crippen LogP contribution in [0.5, 0.6) is 0 Å². The first kappa shape index (κ1) is 20.8. The van der Waals surface area contributed by atoms with Crippen LogP contribution in [0.2, 0.25) is 0 Å². The van der Waals surface area contributed by atoms with E-state index in [4.69, 9.17) is 4.74 Å². The molecule has 0 aromatic carbocycles. The predicted molar refractivity (Wildman–Crippen MR) is 117 cm³/mol. The van der Waals surface area contributed by atoms with E-state index in [1.54, 1.807) is 0 Å². The Morgan fingerprint density at radius 3 is 2.81 bits per heavy atom. The zero-order chi connectivity index (χ0) is 18.1. The molecule has 4 rings (SSSR count). The van der Waals surface area contributed by atoms with Crippen molar-refractivity contribution in [3.8, 4) is 0 Å². The number of ether oxygens (including phenoxy) is 1. The maximum atomic E-state index is 6.03. The minimum Gasteiger partial charge on any atom is -0.378 e. The molecule has 152 valence electrons. The van der Waals surface area contributed by atoms with Gasteiger partial charge in [0.15, 0.2) is 5.96 Å². The van der Waals surface area contributed by atoms with Crippen molar-refractivity contribution in [1.29, 1.82) is 0 Å². The minimum atomic E-state index is 0. The smallest absolute Gasteiger partial charge is 0.191 e. The second-order valence-electron chi connectivity index (χ2n) is 8.03. The van der Waals surface area contributed by atoms with Gasteiger partial charge in [-0.3, -0.25) is 4.99 Å². The monoisotopic (exact) mass is 488 g/mol. The summed E-state index contributed by atoms with van der Waals surface area (Å²) in [6.45, 7) is 5.73. The number of halogens is 1. The molecule has 1 aromatic heterocycles.